The number of likely N-dealkylation sites (N-methyl/N-ethyl adjacent to an activating group) is 1. The number of nitrogens with zero attached hydrogens (tertiary/aromatic N) is 1. The van der Waals surface area contributed by atoms with Crippen LogP contribution in [0.15, 0.2) is 29.2 Å². The fourth-order valence-corrected chi connectivity index (χ4v) is 3.77. The van der Waals surface area contributed by atoms with Gasteiger partial charge < -0.3 is 10.5 Å². The Morgan fingerprint density at radius 1 is 1.36 bits per heavy atom. The number of esters is 1. The van der Waals surface area contributed by atoms with Crippen molar-refractivity contribution in [3.05, 3.63) is 29.8 Å². The molecule has 1 saturated carbocycles. The van der Waals surface area contributed by atoms with Crippen molar-refractivity contribution in [2.24, 2.45) is 11.7 Å². The van der Waals surface area contributed by atoms with Gasteiger partial charge in [-0.15, -0.1) is 12.4 Å². The van der Waals surface area contributed by atoms with Gasteiger partial charge >= 0.3 is 5.97 Å². The fraction of sp³-hybridized carbons (Fsp3) is 0.500. The number of hydrogen-bond acceptors (Lipinski definition) is 5. The van der Waals surface area contributed by atoms with E-state index in [1.54, 1.807) is 7.05 Å². The normalized spacial score (nSPS) is 16.0. The molecule has 0 spiro atoms. The Morgan fingerprint density at radius 3 is 2.32 bits per heavy atom. The van der Waals surface area contributed by atoms with Gasteiger partial charge in [0, 0.05) is 19.6 Å². The van der Waals surface area contributed by atoms with Crippen molar-refractivity contribution in [2.75, 3.05) is 20.7 Å². The van der Waals surface area contributed by atoms with E-state index in [4.69, 9.17) is 5.73 Å². The second-order valence-corrected chi connectivity index (χ2v) is 7.18. The summed E-state index contributed by atoms with van der Waals surface area (Å²) < 4.78 is 31.1. The van der Waals surface area contributed by atoms with E-state index in [1.165, 1.54) is 35.7 Å². The number of halogens is 1. The third kappa shape index (κ3) is 3.78. The van der Waals surface area contributed by atoms with Gasteiger partial charge in [0.05, 0.1) is 17.6 Å². The van der Waals surface area contributed by atoms with Crippen molar-refractivity contribution in [1.82, 2.24) is 4.31 Å². The van der Waals surface area contributed by atoms with Gasteiger partial charge in [0.25, 0.3) is 0 Å². The SMILES string of the molecule is COC(=O)c1ccc(S(=O)(=O)N(C)C(CN)C2CC2)cc1.Cl. The van der Waals surface area contributed by atoms with E-state index in [-0.39, 0.29) is 23.3 Å². The largest absolute Gasteiger partial charge is 0.465 e. The molecule has 1 unspecified atom stereocenters. The third-order valence-electron chi connectivity index (χ3n) is 3.83. The molecule has 1 fully saturated rings. The van der Waals surface area contributed by atoms with E-state index < -0.39 is 16.0 Å². The summed E-state index contributed by atoms with van der Waals surface area (Å²) in [4.78, 5) is 11.5. The maximum atomic E-state index is 12.6. The van der Waals surface area contributed by atoms with Crippen LogP contribution in [-0.4, -0.2) is 45.4 Å². The van der Waals surface area contributed by atoms with Gasteiger partial charge in [-0.1, -0.05) is 0 Å². The van der Waals surface area contributed by atoms with Gasteiger partial charge in [-0.2, -0.15) is 4.31 Å². The minimum atomic E-state index is -3.60. The van der Waals surface area contributed by atoms with Gasteiger partial charge in [-0.25, -0.2) is 13.2 Å². The van der Waals surface area contributed by atoms with Crippen LogP contribution in [0.25, 0.3) is 0 Å². The summed E-state index contributed by atoms with van der Waals surface area (Å²) in [5, 5.41) is 0. The molecule has 1 atom stereocenters. The molecule has 22 heavy (non-hydrogen) atoms. The summed E-state index contributed by atoms with van der Waals surface area (Å²) in [7, 11) is -0.768. The van der Waals surface area contributed by atoms with Crippen LogP contribution >= 0.6 is 12.4 Å². The van der Waals surface area contributed by atoms with E-state index >= 15 is 0 Å². The van der Waals surface area contributed by atoms with E-state index in [0.29, 0.717) is 18.0 Å². The average Bonchev–Trinajstić information content (AvgIpc) is 3.32. The maximum absolute atomic E-state index is 12.6. The molecule has 0 saturated heterocycles. The van der Waals surface area contributed by atoms with Crippen LogP contribution in [0.3, 0.4) is 0 Å². The predicted octanol–water partition coefficient (Wildman–Crippen LogP) is 1.25. The summed E-state index contributed by atoms with van der Waals surface area (Å²) in [6.45, 7) is 0.306. The van der Waals surface area contributed by atoms with Crippen molar-refractivity contribution < 1.29 is 17.9 Å². The lowest BCUT2D eigenvalue weighted by molar-refractivity contribution is 0.0600. The Labute approximate surface area is 137 Å². The van der Waals surface area contributed by atoms with Crippen LogP contribution in [0.5, 0.6) is 0 Å². The van der Waals surface area contributed by atoms with E-state index in [2.05, 4.69) is 4.74 Å². The molecule has 124 valence electrons. The van der Waals surface area contributed by atoms with Gasteiger partial charge in [-0.05, 0) is 43.0 Å². The summed E-state index contributed by atoms with van der Waals surface area (Å²) in [6.07, 6.45) is 2.03. The molecule has 0 heterocycles. The number of sulfonamides is 1. The van der Waals surface area contributed by atoms with Crippen molar-refractivity contribution in [3.8, 4) is 0 Å². The Balaban J connectivity index is 0.00000242. The number of methoxy groups -OCH3 is 1. The van der Waals surface area contributed by atoms with Crippen LogP contribution in [0, 0.1) is 5.92 Å². The zero-order valence-corrected chi connectivity index (χ0v) is 14.2. The molecule has 6 nitrogen and oxygen atoms in total. The molecule has 0 radical (unpaired) electrons. The van der Waals surface area contributed by atoms with Gasteiger partial charge in [0.15, 0.2) is 0 Å². The molecule has 1 aromatic carbocycles. The number of carbonyl (C=O) groups excluding carboxylic acids is 1. The first-order valence-corrected chi connectivity index (χ1v) is 8.22. The van der Waals surface area contributed by atoms with Crippen LogP contribution in [0.1, 0.15) is 23.2 Å². The van der Waals surface area contributed by atoms with E-state index in [9.17, 15) is 13.2 Å². The minimum absolute atomic E-state index is 0. The van der Waals surface area contributed by atoms with E-state index in [1.807, 2.05) is 0 Å². The standard InChI is InChI=1S/C14H20N2O4S.ClH/c1-16(13(9-15)10-3-4-10)21(18,19)12-7-5-11(6-8-12)14(17)20-2;/h5-8,10,13H,3-4,9,15H2,1-2H3;1H. The fourth-order valence-electron chi connectivity index (χ4n) is 2.34. The van der Waals surface area contributed by atoms with Crippen molar-refractivity contribution in [3.63, 3.8) is 0 Å². The van der Waals surface area contributed by atoms with Crippen molar-refractivity contribution >= 4 is 28.4 Å². The molecule has 0 aromatic heterocycles. The monoisotopic (exact) mass is 348 g/mol. The number of benzene rings is 1. The topological polar surface area (TPSA) is 89.7 Å². The quantitative estimate of drug-likeness (QED) is 0.781. The van der Waals surface area contributed by atoms with Crippen LogP contribution in [0.4, 0.5) is 0 Å². The highest BCUT2D eigenvalue weighted by molar-refractivity contribution is 7.89. The average molecular weight is 349 g/mol. The first-order chi connectivity index (χ1) is 9.91. The predicted molar refractivity (Wildman–Crippen MR) is 85.5 cm³/mol. The Bertz CT molecular complexity index is 614. The zero-order valence-electron chi connectivity index (χ0n) is 12.6. The van der Waals surface area contributed by atoms with Crippen LogP contribution < -0.4 is 5.73 Å². The van der Waals surface area contributed by atoms with Gasteiger partial charge in [0.1, 0.15) is 0 Å². The lowest BCUT2D eigenvalue weighted by Gasteiger charge is -2.26. The summed E-state index contributed by atoms with van der Waals surface area (Å²) in [6, 6.07) is 5.55. The van der Waals surface area contributed by atoms with Crippen molar-refractivity contribution in [2.45, 2.75) is 23.8 Å². The van der Waals surface area contributed by atoms with Crippen LogP contribution in [-0.2, 0) is 14.8 Å². The first kappa shape index (κ1) is 18.9. The highest BCUT2D eigenvalue weighted by Gasteiger charge is 2.38. The number of nitrogens with two attached hydrogens (primary N) is 1. The third-order valence-corrected chi connectivity index (χ3v) is 5.72. The molecule has 2 N–H and O–H groups in total. The number of ether oxygens (including phenoxy) is 1. The molecule has 0 aliphatic heterocycles. The smallest absolute Gasteiger partial charge is 0.337 e. The summed E-state index contributed by atoms with van der Waals surface area (Å²) in [5.41, 5.74) is 6.02. The molecule has 1 aromatic rings. The molecular formula is C14H21ClN2O4S. The number of carbonyl (C=O) groups is 1. The lowest BCUT2D eigenvalue weighted by atomic mass is 10.2. The maximum Gasteiger partial charge on any atom is 0.337 e. The second-order valence-electron chi connectivity index (χ2n) is 5.18. The summed E-state index contributed by atoms with van der Waals surface area (Å²) >= 11 is 0. The van der Waals surface area contributed by atoms with E-state index in [0.717, 1.165) is 12.8 Å². The second kappa shape index (κ2) is 7.41. The number of rotatable bonds is 6. The van der Waals surface area contributed by atoms with Gasteiger partial charge in [0.2, 0.25) is 10.0 Å². The molecule has 2 rings (SSSR count). The summed E-state index contributed by atoms with van der Waals surface area (Å²) in [5.74, 6) is -0.144. The Hall–Kier alpha value is -1.15. The molecular weight excluding hydrogens is 328 g/mol. The molecule has 0 bridgehead atoms. The minimum Gasteiger partial charge on any atom is -0.465 e. The van der Waals surface area contributed by atoms with Crippen LogP contribution in [0.2, 0.25) is 0 Å². The van der Waals surface area contributed by atoms with Gasteiger partial charge in [-0.3, -0.25) is 0 Å². The molecule has 1 aliphatic rings. The zero-order chi connectivity index (χ0) is 15.6. The molecule has 8 heteroatoms. The highest BCUT2D eigenvalue weighted by Crippen LogP contribution is 2.36. The Kier molecular flexibility index (Phi) is 6.37. The Morgan fingerprint density at radius 2 is 1.91 bits per heavy atom. The van der Waals surface area contributed by atoms with Crippen molar-refractivity contribution in [1.29, 1.82) is 0 Å². The first-order valence-electron chi connectivity index (χ1n) is 6.78. The highest BCUT2D eigenvalue weighted by atomic mass is 35.5. The molecule has 1 aliphatic carbocycles. The molecule has 0 amide bonds. The lowest BCUT2D eigenvalue weighted by Crippen LogP contribution is -2.43. The number of hydrogen-bond donors (Lipinski definition) is 1.